The Morgan fingerprint density at radius 1 is 0.439 bits per heavy atom. The molecular weight excluding hydrogens is 781 g/mol. The maximum absolute atomic E-state index is 13.3. The number of sulfone groups is 2. The van der Waals surface area contributed by atoms with E-state index in [0.29, 0.717) is 29.3 Å². The molecule has 0 amide bonds. The van der Waals surface area contributed by atoms with Gasteiger partial charge in [0.1, 0.15) is 23.0 Å². The van der Waals surface area contributed by atoms with Gasteiger partial charge in [-0.05, 0) is 132 Å². The second-order valence-corrected chi connectivity index (χ2v) is 18.0. The first-order valence-electron chi connectivity index (χ1n) is 17.9. The molecule has 12 heteroatoms. The van der Waals surface area contributed by atoms with Crippen LogP contribution in [0.15, 0.2) is 183 Å². The topological polar surface area (TPSA) is 141 Å². The summed E-state index contributed by atoms with van der Waals surface area (Å²) in [6, 6.07) is 47.8. The molecule has 7 rings (SSSR count). The molecule has 0 atom stereocenters. The molecule has 0 heterocycles. The Morgan fingerprint density at radius 2 is 0.772 bits per heavy atom. The summed E-state index contributed by atoms with van der Waals surface area (Å²) < 4.78 is 90.7. The third-order valence-electron chi connectivity index (χ3n) is 8.34. The number of benzene rings is 7. The Morgan fingerprint density at radius 3 is 1.18 bits per heavy atom. The fourth-order valence-electron chi connectivity index (χ4n) is 5.58. The molecular formula is C45H42O9S3. The van der Waals surface area contributed by atoms with Crippen molar-refractivity contribution in [1.29, 1.82) is 0 Å². The van der Waals surface area contributed by atoms with E-state index in [0.717, 1.165) is 33.9 Å². The third kappa shape index (κ3) is 11.6. The number of hydrogen-bond acceptors (Lipinski definition) is 8. The van der Waals surface area contributed by atoms with Gasteiger partial charge in [-0.15, -0.1) is 0 Å². The Labute approximate surface area is 334 Å². The average molecular weight is 823 g/mol. The normalized spacial score (nSPS) is 11.4. The zero-order valence-corrected chi connectivity index (χ0v) is 34.2. The van der Waals surface area contributed by atoms with Crippen molar-refractivity contribution in [3.8, 4) is 23.0 Å². The first-order chi connectivity index (χ1) is 27.1. The van der Waals surface area contributed by atoms with Gasteiger partial charge in [0, 0.05) is 0 Å². The minimum absolute atomic E-state index is 0.182. The molecule has 0 saturated heterocycles. The molecule has 7 aromatic carbocycles. The predicted octanol–water partition coefficient (Wildman–Crippen LogP) is 10.5. The van der Waals surface area contributed by atoms with Crippen LogP contribution in [-0.2, 0) is 36.2 Å². The molecule has 0 aromatic heterocycles. The highest BCUT2D eigenvalue weighted by atomic mass is 32.2. The lowest BCUT2D eigenvalue weighted by molar-refractivity contribution is 0.481. The highest BCUT2D eigenvalue weighted by molar-refractivity contribution is 7.91. The van der Waals surface area contributed by atoms with E-state index in [1.165, 1.54) is 12.1 Å². The summed E-state index contributed by atoms with van der Waals surface area (Å²) in [5.41, 5.74) is 3.19. The molecule has 7 aromatic rings. The Balaban J connectivity index is 0.000000823. The number of ether oxygens (including phenoxy) is 2. The first kappa shape index (κ1) is 42.4. The summed E-state index contributed by atoms with van der Waals surface area (Å²) in [4.78, 5) is 0.846. The van der Waals surface area contributed by atoms with Crippen molar-refractivity contribution in [2.45, 2.75) is 46.8 Å². The molecule has 0 aliphatic carbocycles. The van der Waals surface area contributed by atoms with Gasteiger partial charge in [0.05, 0.1) is 25.8 Å². The van der Waals surface area contributed by atoms with Crippen molar-refractivity contribution in [1.82, 2.24) is 0 Å². The maximum atomic E-state index is 13.3. The van der Waals surface area contributed by atoms with Crippen LogP contribution in [0, 0.1) is 6.92 Å². The van der Waals surface area contributed by atoms with Crippen LogP contribution in [0.4, 0.5) is 0 Å². The smallest absolute Gasteiger partial charge is 0.261 e. The minimum Gasteiger partial charge on any atom is -0.457 e. The molecule has 0 aliphatic rings. The predicted molar refractivity (Wildman–Crippen MR) is 224 cm³/mol. The molecule has 0 unspecified atom stereocenters. The Bertz CT molecular complexity index is 2740. The van der Waals surface area contributed by atoms with Crippen LogP contribution in [0.25, 0.3) is 10.8 Å². The Kier molecular flexibility index (Phi) is 13.7. The highest BCUT2D eigenvalue weighted by Crippen LogP contribution is 2.32. The molecule has 0 bridgehead atoms. The SMILES string of the molecule is CC.CS(=O)(=O)O.Cc1ccc(S(=O)(=O)c2ccc(Oc3ccc4ccc(Oc5ccc(S(=O)(=O)c6ccc(Cc7ccccc7)cc6)cc5)cc4c3)cc2)cc1. The second kappa shape index (κ2) is 18.4. The van der Waals surface area contributed by atoms with E-state index >= 15 is 0 Å². The zero-order valence-electron chi connectivity index (χ0n) is 31.7. The van der Waals surface area contributed by atoms with Gasteiger partial charge in [-0.25, -0.2) is 16.8 Å². The largest absolute Gasteiger partial charge is 0.457 e. The summed E-state index contributed by atoms with van der Waals surface area (Å²) in [5.74, 6) is 2.14. The second-order valence-electron chi connectivity index (χ2n) is 12.7. The third-order valence-corrected chi connectivity index (χ3v) is 11.9. The maximum Gasteiger partial charge on any atom is 0.261 e. The van der Waals surface area contributed by atoms with Crippen LogP contribution in [0.1, 0.15) is 30.5 Å². The van der Waals surface area contributed by atoms with Crippen LogP contribution in [0.5, 0.6) is 23.0 Å². The Hall–Kier alpha value is -5.79. The fraction of sp³-hybridized carbons (Fsp3) is 0.111. The van der Waals surface area contributed by atoms with Crippen molar-refractivity contribution in [2.24, 2.45) is 0 Å². The standard InChI is InChI=1S/C42H32O6S2.C2H6.CH4O3S/c1-30-7-19-39(20-8-30)49(43,44)41-23-15-35(16-24-41)47-37-13-11-33-12-14-38(29-34(33)28-37)48-36-17-25-42(26-18-36)50(45,46)40-21-9-32(10-22-40)27-31-5-3-2-4-6-31;1-2;1-5(2,3)4/h2-26,28-29H,27H2,1H3;1-2H3;1H3,(H,2,3,4). The van der Waals surface area contributed by atoms with Crippen molar-refractivity contribution >= 4 is 40.6 Å². The molecule has 0 fully saturated rings. The van der Waals surface area contributed by atoms with E-state index in [4.69, 9.17) is 14.0 Å². The quantitative estimate of drug-likeness (QED) is 0.133. The van der Waals surface area contributed by atoms with E-state index in [1.54, 1.807) is 72.8 Å². The molecule has 0 saturated carbocycles. The summed E-state index contributed by atoms with van der Waals surface area (Å²) in [6.07, 6.45) is 1.45. The van der Waals surface area contributed by atoms with Gasteiger partial charge in [-0.2, -0.15) is 8.42 Å². The van der Waals surface area contributed by atoms with Crippen LogP contribution in [-0.4, -0.2) is 36.1 Å². The molecule has 0 spiro atoms. The summed E-state index contributed by atoms with van der Waals surface area (Å²) in [7, 11) is -11.0. The van der Waals surface area contributed by atoms with E-state index < -0.39 is 29.8 Å². The molecule has 0 aliphatic heterocycles. The van der Waals surface area contributed by atoms with Gasteiger partial charge in [0.2, 0.25) is 19.7 Å². The lowest BCUT2D eigenvalue weighted by Gasteiger charge is -2.11. The van der Waals surface area contributed by atoms with Crippen molar-refractivity contribution in [2.75, 3.05) is 6.26 Å². The molecule has 1 N–H and O–H groups in total. The van der Waals surface area contributed by atoms with Gasteiger partial charge < -0.3 is 9.47 Å². The van der Waals surface area contributed by atoms with E-state index in [1.807, 2.05) is 99.6 Å². The monoisotopic (exact) mass is 822 g/mol. The number of hydrogen-bond donors (Lipinski definition) is 1. The molecule has 9 nitrogen and oxygen atoms in total. The fourth-order valence-corrected chi connectivity index (χ4v) is 8.11. The lowest BCUT2D eigenvalue weighted by Crippen LogP contribution is -2.02. The van der Waals surface area contributed by atoms with Crippen LogP contribution in [0.2, 0.25) is 0 Å². The number of aryl methyl sites for hydroxylation is 1. The minimum atomic E-state index is -3.70. The van der Waals surface area contributed by atoms with E-state index in [-0.39, 0.29) is 19.6 Å². The highest BCUT2D eigenvalue weighted by Gasteiger charge is 2.19. The summed E-state index contributed by atoms with van der Waals surface area (Å²) >= 11 is 0. The van der Waals surface area contributed by atoms with Crippen molar-refractivity contribution < 1.29 is 39.3 Å². The van der Waals surface area contributed by atoms with Gasteiger partial charge >= 0.3 is 0 Å². The first-order valence-corrected chi connectivity index (χ1v) is 22.7. The van der Waals surface area contributed by atoms with Gasteiger partial charge in [-0.1, -0.05) is 86.1 Å². The number of rotatable bonds is 10. The van der Waals surface area contributed by atoms with E-state index in [9.17, 15) is 25.3 Å². The zero-order chi connectivity index (χ0) is 41.2. The molecule has 57 heavy (non-hydrogen) atoms. The van der Waals surface area contributed by atoms with Crippen molar-refractivity contribution in [3.63, 3.8) is 0 Å². The van der Waals surface area contributed by atoms with Crippen LogP contribution < -0.4 is 9.47 Å². The van der Waals surface area contributed by atoms with Gasteiger partial charge in [0.15, 0.2) is 0 Å². The average Bonchev–Trinajstić information content (AvgIpc) is 3.19. The molecule has 0 radical (unpaired) electrons. The van der Waals surface area contributed by atoms with Crippen LogP contribution in [0.3, 0.4) is 0 Å². The van der Waals surface area contributed by atoms with Crippen molar-refractivity contribution in [3.05, 3.63) is 180 Å². The molecule has 294 valence electrons. The van der Waals surface area contributed by atoms with Gasteiger partial charge in [-0.3, -0.25) is 4.55 Å². The summed E-state index contributed by atoms with van der Waals surface area (Å²) in [6.45, 7) is 5.91. The van der Waals surface area contributed by atoms with Gasteiger partial charge in [0.25, 0.3) is 10.1 Å². The summed E-state index contributed by atoms with van der Waals surface area (Å²) in [5, 5.41) is 1.84. The van der Waals surface area contributed by atoms with E-state index in [2.05, 4.69) is 0 Å². The number of fused-ring (bicyclic) bond motifs is 1. The van der Waals surface area contributed by atoms with Crippen LogP contribution >= 0.6 is 0 Å². The lowest BCUT2D eigenvalue weighted by atomic mass is 10.1.